The number of imide groups is 1. The summed E-state index contributed by atoms with van der Waals surface area (Å²) in [5.41, 5.74) is 8.68. The molecule has 7 heteroatoms. The van der Waals surface area contributed by atoms with E-state index in [0.29, 0.717) is 11.4 Å². The third-order valence-electron chi connectivity index (χ3n) is 4.19. The lowest BCUT2D eigenvalue weighted by atomic mass is 10.1. The summed E-state index contributed by atoms with van der Waals surface area (Å²) in [7, 11) is 0. The van der Waals surface area contributed by atoms with Crippen molar-refractivity contribution in [2.75, 3.05) is 29.0 Å². The molecule has 0 spiro atoms. The summed E-state index contributed by atoms with van der Waals surface area (Å²) in [5.74, 6) is -2.59. The van der Waals surface area contributed by atoms with Gasteiger partial charge >= 0.3 is 11.8 Å². The molecule has 0 aromatic heterocycles. The van der Waals surface area contributed by atoms with Crippen molar-refractivity contribution in [1.29, 1.82) is 0 Å². The maximum absolute atomic E-state index is 12.1. The standard InChI is InChI=1S/C20H24N4O3/c1-4-24(5-2)16-10-11-17(13(3)12-16)22-19(26)20(27)23-18(25)14-6-8-15(21)9-7-14/h6-12H,4-5,21H2,1-3H3,(H,22,26)(H,23,25,27). The van der Waals surface area contributed by atoms with Gasteiger partial charge in [-0.2, -0.15) is 0 Å². The van der Waals surface area contributed by atoms with Gasteiger partial charge in [-0.3, -0.25) is 19.7 Å². The Morgan fingerprint density at radius 1 is 0.963 bits per heavy atom. The summed E-state index contributed by atoms with van der Waals surface area (Å²) in [6.07, 6.45) is 0. The minimum Gasteiger partial charge on any atom is -0.399 e. The molecule has 0 bridgehead atoms. The Morgan fingerprint density at radius 2 is 1.59 bits per heavy atom. The Labute approximate surface area is 158 Å². The number of aryl methyl sites for hydroxylation is 1. The number of nitrogens with two attached hydrogens (primary N) is 1. The molecule has 2 rings (SSSR count). The van der Waals surface area contributed by atoms with E-state index < -0.39 is 17.7 Å². The Hall–Kier alpha value is -3.35. The van der Waals surface area contributed by atoms with E-state index in [2.05, 4.69) is 29.4 Å². The van der Waals surface area contributed by atoms with Crippen LogP contribution in [0.1, 0.15) is 29.8 Å². The van der Waals surface area contributed by atoms with Gasteiger partial charge in [-0.15, -0.1) is 0 Å². The average molecular weight is 368 g/mol. The summed E-state index contributed by atoms with van der Waals surface area (Å²) in [6, 6.07) is 11.6. The molecule has 0 aliphatic rings. The smallest absolute Gasteiger partial charge is 0.316 e. The molecule has 0 heterocycles. The van der Waals surface area contributed by atoms with E-state index in [9.17, 15) is 14.4 Å². The van der Waals surface area contributed by atoms with E-state index in [0.717, 1.165) is 24.3 Å². The molecule has 0 atom stereocenters. The van der Waals surface area contributed by atoms with Gasteiger partial charge in [0.2, 0.25) is 0 Å². The van der Waals surface area contributed by atoms with Crippen LogP contribution in [0.25, 0.3) is 0 Å². The number of amides is 3. The van der Waals surface area contributed by atoms with Crippen LogP contribution in [-0.4, -0.2) is 30.8 Å². The fourth-order valence-corrected chi connectivity index (χ4v) is 2.62. The van der Waals surface area contributed by atoms with Crippen LogP contribution in [0.15, 0.2) is 42.5 Å². The molecule has 0 radical (unpaired) electrons. The lowest BCUT2D eigenvalue weighted by Gasteiger charge is -2.22. The van der Waals surface area contributed by atoms with E-state index in [1.54, 1.807) is 18.2 Å². The average Bonchev–Trinajstić information content (AvgIpc) is 2.65. The lowest BCUT2D eigenvalue weighted by Crippen LogP contribution is -2.39. The van der Waals surface area contributed by atoms with Crippen LogP contribution in [0.4, 0.5) is 17.1 Å². The first-order valence-electron chi connectivity index (χ1n) is 8.73. The van der Waals surface area contributed by atoms with E-state index >= 15 is 0 Å². The van der Waals surface area contributed by atoms with Gasteiger partial charge in [-0.1, -0.05) is 0 Å². The molecule has 142 valence electrons. The van der Waals surface area contributed by atoms with Gasteiger partial charge in [0.1, 0.15) is 0 Å². The normalized spacial score (nSPS) is 10.2. The first-order valence-corrected chi connectivity index (χ1v) is 8.73. The monoisotopic (exact) mass is 368 g/mol. The zero-order chi connectivity index (χ0) is 20.0. The van der Waals surface area contributed by atoms with Crippen molar-refractivity contribution >= 4 is 34.8 Å². The summed E-state index contributed by atoms with van der Waals surface area (Å²) in [4.78, 5) is 38.3. The highest BCUT2D eigenvalue weighted by molar-refractivity contribution is 6.42. The number of hydrogen-bond donors (Lipinski definition) is 3. The predicted octanol–water partition coefficient (Wildman–Crippen LogP) is 2.32. The van der Waals surface area contributed by atoms with Crippen molar-refractivity contribution in [1.82, 2.24) is 5.32 Å². The molecular weight excluding hydrogens is 344 g/mol. The van der Waals surface area contributed by atoms with Crippen LogP contribution in [0.5, 0.6) is 0 Å². The maximum atomic E-state index is 12.1. The number of hydrogen-bond acceptors (Lipinski definition) is 5. The van der Waals surface area contributed by atoms with Crippen molar-refractivity contribution in [2.45, 2.75) is 20.8 Å². The van der Waals surface area contributed by atoms with Gasteiger partial charge in [0.25, 0.3) is 5.91 Å². The lowest BCUT2D eigenvalue weighted by molar-refractivity contribution is -0.135. The quantitative estimate of drug-likeness (QED) is 0.555. The summed E-state index contributed by atoms with van der Waals surface area (Å²) < 4.78 is 0. The highest BCUT2D eigenvalue weighted by Gasteiger charge is 2.19. The topological polar surface area (TPSA) is 105 Å². The van der Waals surface area contributed by atoms with Crippen LogP contribution in [0.2, 0.25) is 0 Å². The van der Waals surface area contributed by atoms with Crippen molar-refractivity contribution in [3.63, 3.8) is 0 Å². The van der Waals surface area contributed by atoms with Gasteiger partial charge in [-0.05, 0) is 68.8 Å². The third kappa shape index (κ3) is 5.07. The molecule has 2 aromatic rings. The highest BCUT2D eigenvalue weighted by Crippen LogP contribution is 2.22. The van der Waals surface area contributed by atoms with E-state index in [4.69, 9.17) is 5.73 Å². The number of nitrogens with one attached hydrogen (secondary N) is 2. The molecule has 0 saturated heterocycles. The van der Waals surface area contributed by atoms with Crippen LogP contribution in [0.3, 0.4) is 0 Å². The molecule has 4 N–H and O–H groups in total. The van der Waals surface area contributed by atoms with Crippen LogP contribution < -0.4 is 21.3 Å². The fraction of sp³-hybridized carbons (Fsp3) is 0.250. The molecule has 27 heavy (non-hydrogen) atoms. The molecule has 0 saturated carbocycles. The largest absolute Gasteiger partial charge is 0.399 e. The Bertz CT molecular complexity index is 843. The SMILES string of the molecule is CCN(CC)c1ccc(NC(=O)C(=O)NC(=O)c2ccc(N)cc2)c(C)c1. The van der Waals surface area contributed by atoms with Crippen molar-refractivity contribution < 1.29 is 14.4 Å². The molecule has 0 aliphatic carbocycles. The molecule has 2 aromatic carbocycles. The van der Waals surface area contributed by atoms with E-state index in [-0.39, 0.29) is 5.56 Å². The highest BCUT2D eigenvalue weighted by atomic mass is 16.2. The molecule has 7 nitrogen and oxygen atoms in total. The van der Waals surface area contributed by atoms with E-state index in [1.807, 2.05) is 19.1 Å². The first kappa shape index (κ1) is 20.0. The summed E-state index contributed by atoms with van der Waals surface area (Å²) in [5, 5.41) is 4.60. The zero-order valence-electron chi connectivity index (χ0n) is 15.7. The number of carbonyl (C=O) groups is 3. The zero-order valence-corrected chi connectivity index (χ0v) is 15.7. The Morgan fingerprint density at radius 3 is 2.15 bits per heavy atom. The second-order valence-electron chi connectivity index (χ2n) is 6.03. The number of anilines is 3. The van der Waals surface area contributed by atoms with Gasteiger partial charge in [0.15, 0.2) is 0 Å². The summed E-state index contributed by atoms with van der Waals surface area (Å²) in [6.45, 7) is 7.72. The number of carbonyl (C=O) groups excluding carboxylic acids is 3. The Balaban J connectivity index is 2.02. The number of benzene rings is 2. The maximum Gasteiger partial charge on any atom is 0.316 e. The van der Waals surface area contributed by atoms with Gasteiger partial charge < -0.3 is 16.0 Å². The third-order valence-corrected chi connectivity index (χ3v) is 4.19. The van der Waals surface area contributed by atoms with Crippen LogP contribution in [-0.2, 0) is 9.59 Å². The second-order valence-corrected chi connectivity index (χ2v) is 6.03. The second kappa shape index (κ2) is 8.84. The molecule has 0 aliphatic heterocycles. The number of nitrogens with zero attached hydrogens (tertiary/aromatic N) is 1. The fourth-order valence-electron chi connectivity index (χ4n) is 2.62. The first-order chi connectivity index (χ1) is 12.8. The van der Waals surface area contributed by atoms with E-state index in [1.165, 1.54) is 12.1 Å². The molecule has 0 fully saturated rings. The van der Waals surface area contributed by atoms with Crippen molar-refractivity contribution in [3.8, 4) is 0 Å². The predicted molar refractivity (Wildman–Crippen MR) is 107 cm³/mol. The van der Waals surface area contributed by atoms with Gasteiger partial charge in [0.05, 0.1) is 0 Å². The van der Waals surface area contributed by atoms with Gasteiger partial charge in [0, 0.05) is 35.7 Å². The summed E-state index contributed by atoms with van der Waals surface area (Å²) >= 11 is 0. The number of rotatable bonds is 5. The Kier molecular flexibility index (Phi) is 6.54. The van der Waals surface area contributed by atoms with Crippen molar-refractivity contribution in [3.05, 3.63) is 53.6 Å². The van der Waals surface area contributed by atoms with Crippen LogP contribution in [0, 0.1) is 6.92 Å². The molecular formula is C20H24N4O3. The van der Waals surface area contributed by atoms with Gasteiger partial charge in [-0.25, -0.2) is 0 Å². The van der Waals surface area contributed by atoms with Crippen molar-refractivity contribution in [2.24, 2.45) is 0 Å². The molecule has 0 unspecified atom stereocenters. The van der Waals surface area contributed by atoms with Crippen LogP contribution >= 0.6 is 0 Å². The number of nitrogen functional groups attached to an aromatic ring is 1. The minimum atomic E-state index is -1.02. The minimum absolute atomic E-state index is 0.241. The molecule has 3 amide bonds.